The molecule has 0 spiro atoms. The van der Waals surface area contributed by atoms with Crippen molar-refractivity contribution in [3.8, 4) is 0 Å². The Bertz CT molecular complexity index is 1100. The van der Waals surface area contributed by atoms with Crippen molar-refractivity contribution < 1.29 is 4.79 Å². The minimum atomic E-state index is -0.216. The molecule has 0 saturated carbocycles. The van der Waals surface area contributed by atoms with Crippen molar-refractivity contribution in [2.24, 2.45) is 0 Å². The van der Waals surface area contributed by atoms with Crippen molar-refractivity contribution in [3.63, 3.8) is 0 Å². The number of hydrogen-bond acceptors (Lipinski definition) is 5. The molecule has 1 aliphatic rings. The Kier molecular flexibility index (Phi) is 6.29. The summed E-state index contributed by atoms with van der Waals surface area (Å²) in [5.74, 6) is 0.470. The molecule has 1 N–H and O–H groups in total. The molecule has 0 aromatic carbocycles. The van der Waals surface area contributed by atoms with Gasteiger partial charge in [-0.2, -0.15) is 5.10 Å². The summed E-state index contributed by atoms with van der Waals surface area (Å²) in [4.78, 5) is 24.0. The summed E-state index contributed by atoms with van der Waals surface area (Å²) in [5.41, 5.74) is 6.05. The maximum atomic E-state index is 12.3. The van der Waals surface area contributed by atoms with E-state index in [1.165, 1.54) is 0 Å². The van der Waals surface area contributed by atoms with E-state index in [4.69, 9.17) is 10.1 Å². The van der Waals surface area contributed by atoms with Gasteiger partial charge in [0.25, 0.3) is 0 Å². The number of nitrogens with one attached hydrogen (secondary N) is 1. The monoisotopic (exact) mass is 434 g/mol. The van der Waals surface area contributed by atoms with Gasteiger partial charge in [-0.3, -0.25) is 14.7 Å². The molecule has 4 rings (SSSR count). The summed E-state index contributed by atoms with van der Waals surface area (Å²) in [7, 11) is 0. The van der Waals surface area contributed by atoms with Crippen LogP contribution in [0.25, 0.3) is 5.65 Å². The molecule has 1 aliphatic heterocycles. The van der Waals surface area contributed by atoms with E-state index < -0.39 is 0 Å². The highest BCUT2D eigenvalue weighted by Gasteiger charge is 2.27. The summed E-state index contributed by atoms with van der Waals surface area (Å²) in [6.45, 7) is 13.0. The van der Waals surface area contributed by atoms with Crippen LogP contribution in [0.5, 0.6) is 0 Å². The first-order chi connectivity index (χ1) is 15.2. The number of rotatable bonds is 6. The van der Waals surface area contributed by atoms with Gasteiger partial charge in [-0.15, -0.1) is 0 Å². The van der Waals surface area contributed by atoms with E-state index >= 15 is 0 Å². The predicted octanol–water partition coefficient (Wildman–Crippen LogP) is 3.58. The molecule has 1 saturated heterocycles. The smallest absolute Gasteiger partial charge is 0.220 e. The second kappa shape index (κ2) is 8.98. The number of pyridine rings is 1. The third-order valence-corrected chi connectivity index (χ3v) is 6.10. The van der Waals surface area contributed by atoms with Crippen LogP contribution in [0.15, 0.2) is 30.5 Å². The Morgan fingerprint density at radius 3 is 2.78 bits per heavy atom. The van der Waals surface area contributed by atoms with E-state index in [2.05, 4.69) is 34.3 Å². The third-order valence-electron chi connectivity index (χ3n) is 6.10. The van der Waals surface area contributed by atoms with Crippen molar-refractivity contribution >= 4 is 11.6 Å². The van der Waals surface area contributed by atoms with Crippen LogP contribution in [-0.4, -0.2) is 49.0 Å². The largest absolute Gasteiger partial charge is 0.351 e. The predicted molar refractivity (Wildman–Crippen MR) is 126 cm³/mol. The number of aryl methyl sites for hydroxylation is 2. The summed E-state index contributed by atoms with van der Waals surface area (Å²) < 4.78 is 1.96. The SMILES string of the molecule is Cc1nc2cc([C@H]3CCN(Cc4ccccn4)C3)nn2c(C)c1CCC(=O)NC(C)(C)C. The van der Waals surface area contributed by atoms with Crippen molar-refractivity contribution in [2.75, 3.05) is 13.1 Å². The summed E-state index contributed by atoms with van der Waals surface area (Å²) in [5, 5.41) is 7.97. The van der Waals surface area contributed by atoms with Crippen LogP contribution in [0, 0.1) is 13.8 Å². The first-order valence-corrected chi connectivity index (χ1v) is 11.5. The Balaban J connectivity index is 1.47. The maximum absolute atomic E-state index is 12.3. The summed E-state index contributed by atoms with van der Waals surface area (Å²) >= 11 is 0. The highest BCUT2D eigenvalue weighted by atomic mass is 16.1. The van der Waals surface area contributed by atoms with Crippen molar-refractivity contribution in [1.29, 1.82) is 0 Å². The van der Waals surface area contributed by atoms with Crippen LogP contribution < -0.4 is 5.32 Å². The number of fused-ring (bicyclic) bond motifs is 1. The molecule has 0 aliphatic carbocycles. The number of amides is 1. The molecule has 4 heterocycles. The van der Waals surface area contributed by atoms with Crippen molar-refractivity contribution in [3.05, 3.63) is 58.8 Å². The van der Waals surface area contributed by atoms with Gasteiger partial charge in [-0.05, 0) is 71.7 Å². The van der Waals surface area contributed by atoms with Gasteiger partial charge in [0, 0.05) is 54.6 Å². The zero-order valence-corrected chi connectivity index (χ0v) is 19.9. The van der Waals surface area contributed by atoms with Gasteiger partial charge in [0.2, 0.25) is 5.91 Å². The molecule has 7 nitrogen and oxygen atoms in total. The van der Waals surface area contributed by atoms with E-state index in [0.29, 0.717) is 18.8 Å². The quantitative estimate of drug-likeness (QED) is 0.642. The van der Waals surface area contributed by atoms with Gasteiger partial charge in [-0.25, -0.2) is 9.50 Å². The van der Waals surface area contributed by atoms with Gasteiger partial charge in [0.15, 0.2) is 5.65 Å². The zero-order valence-electron chi connectivity index (χ0n) is 19.9. The van der Waals surface area contributed by atoms with Crippen molar-refractivity contribution in [2.45, 2.75) is 71.9 Å². The van der Waals surface area contributed by atoms with Crippen LogP contribution in [0.1, 0.15) is 67.9 Å². The Labute approximate surface area is 190 Å². The van der Waals surface area contributed by atoms with Crippen LogP contribution >= 0.6 is 0 Å². The van der Waals surface area contributed by atoms with Gasteiger partial charge in [0.1, 0.15) is 0 Å². The highest BCUT2D eigenvalue weighted by molar-refractivity contribution is 5.77. The number of nitrogens with zero attached hydrogens (tertiary/aromatic N) is 5. The lowest BCUT2D eigenvalue weighted by Gasteiger charge is -2.20. The second-order valence-corrected chi connectivity index (χ2v) is 9.94. The lowest BCUT2D eigenvalue weighted by Crippen LogP contribution is -2.40. The molecule has 1 atom stereocenters. The molecule has 170 valence electrons. The van der Waals surface area contributed by atoms with Crippen LogP contribution in [0.2, 0.25) is 0 Å². The molecule has 0 unspecified atom stereocenters. The molecular formula is C25H34N6O. The van der Waals surface area contributed by atoms with Gasteiger partial charge < -0.3 is 5.32 Å². The van der Waals surface area contributed by atoms with E-state index in [1.54, 1.807) is 0 Å². The fourth-order valence-corrected chi connectivity index (χ4v) is 4.56. The molecular weight excluding hydrogens is 400 g/mol. The lowest BCUT2D eigenvalue weighted by atomic mass is 10.0. The molecule has 3 aromatic heterocycles. The minimum Gasteiger partial charge on any atom is -0.351 e. The Hall–Kier alpha value is -2.80. The third kappa shape index (κ3) is 5.15. The number of aromatic nitrogens is 4. The van der Waals surface area contributed by atoms with E-state index in [1.807, 2.05) is 50.5 Å². The van der Waals surface area contributed by atoms with Crippen LogP contribution in [0.3, 0.4) is 0 Å². The first kappa shape index (κ1) is 22.4. The number of carbonyl (C=O) groups is 1. The molecule has 3 aromatic rings. The summed E-state index contributed by atoms with van der Waals surface area (Å²) in [6.07, 6.45) is 4.06. The van der Waals surface area contributed by atoms with Gasteiger partial charge in [-0.1, -0.05) is 6.07 Å². The van der Waals surface area contributed by atoms with Gasteiger partial charge >= 0.3 is 0 Å². The number of hydrogen-bond donors (Lipinski definition) is 1. The highest BCUT2D eigenvalue weighted by Crippen LogP contribution is 2.28. The Morgan fingerprint density at radius 2 is 2.06 bits per heavy atom. The Morgan fingerprint density at radius 1 is 1.25 bits per heavy atom. The van der Waals surface area contributed by atoms with Gasteiger partial charge in [0.05, 0.1) is 11.4 Å². The van der Waals surface area contributed by atoms with Crippen molar-refractivity contribution in [1.82, 2.24) is 29.8 Å². The number of carbonyl (C=O) groups excluding carboxylic acids is 1. The van der Waals surface area contributed by atoms with E-state index in [9.17, 15) is 4.79 Å². The summed E-state index contributed by atoms with van der Waals surface area (Å²) in [6, 6.07) is 8.21. The average molecular weight is 435 g/mol. The number of likely N-dealkylation sites (tertiary alicyclic amines) is 1. The average Bonchev–Trinajstić information content (AvgIpc) is 3.34. The van der Waals surface area contributed by atoms with E-state index in [-0.39, 0.29) is 11.4 Å². The molecule has 7 heteroatoms. The zero-order chi connectivity index (χ0) is 22.9. The molecule has 1 fully saturated rings. The fourth-order valence-electron chi connectivity index (χ4n) is 4.56. The maximum Gasteiger partial charge on any atom is 0.220 e. The molecule has 32 heavy (non-hydrogen) atoms. The van der Waals surface area contributed by atoms with Crippen LogP contribution in [-0.2, 0) is 17.8 Å². The minimum absolute atomic E-state index is 0.0662. The molecule has 1 amide bonds. The molecule has 0 radical (unpaired) electrons. The lowest BCUT2D eigenvalue weighted by molar-refractivity contribution is -0.122. The standard InChI is InChI=1S/C25H34N6O/c1-17-21(9-10-24(32)28-25(3,4)5)18(2)31-23(27-17)14-22(29-31)19-11-13-30(15-19)16-20-8-6-7-12-26-20/h6-8,12,14,19H,9-11,13,15-16H2,1-5H3,(H,28,32)/t19-/m0/s1. The first-order valence-electron chi connectivity index (χ1n) is 11.5. The normalized spacial score (nSPS) is 17.2. The van der Waals surface area contributed by atoms with E-state index in [0.717, 1.165) is 60.0 Å². The molecule has 0 bridgehead atoms. The van der Waals surface area contributed by atoms with Crippen LogP contribution in [0.4, 0.5) is 0 Å². The topological polar surface area (TPSA) is 75.4 Å². The fraction of sp³-hybridized carbons (Fsp3) is 0.520. The second-order valence-electron chi connectivity index (χ2n) is 9.94.